The summed E-state index contributed by atoms with van der Waals surface area (Å²) < 4.78 is 4.39. The Labute approximate surface area is 189 Å². The van der Waals surface area contributed by atoms with Gasteiger partial charge in [-0.2, -0.15) is 0 Å². The molecule has 0 fully saturated rings. The Morgan fingerprint density at radius 2 is 1.52 bits per heavy atom. The van der Waals surface area contributed by atoms with E-state index in [1.807, 2.05) is 18.9 Å². The summed E-state index contributed by atoms with van der Waals surface area (Å²) in [5, 5.41) is 0. The summed E-state index contributed by atoms with van der Waals surface area (Å²) >= 11 is 0. The molecule has 0 aliphatic heterocycles. The molecule has 4 nitrogen and oxygen atoms in total. The Bertz CT molecular complexity index is 876. The molecular weight excluding hydrogens is 380 g/mol. The molecule has 0 saturated heterocycles. The molecule has 0 atom stereocenters. The van der Waals surface area contributed by atoms with Crippen molar-refractivity contribution in [3.05, 3.63) is 72.3 Å². The van der Waals surface area contributed by atoms with E-state index in [4.69, 9.17) is 0 Å². The van der Waals surface area contributed by atoms with E-state index in [1.54, 1.807) is 6.20 Å². The third kappa shape index (κ3) is 7.68. The zero-order valence-corrected chi connectivity index (χ0v) is 20.9. The van der Waals surface area contributed by atoms with Crippen molar-refractivity contribution in [3.63, 3.8) is 0 Å². The molecule has 0 saturated carbocycles. The first kappa shape index (κ1) is 24.9. The highest BCUT2D eigenvalue weighted by Crippen LogP contribution is 2.25. The summed E-state index contributed by atoms with van der Waals surface area (Å²) in [6.07, 6.45) is 12.6. The van der Waals surface area contributed by atoms with Crippen LogP contribution in [0.25, 0.3) is 0 Å². The SMILES string of the molecule is CC(C)(C)c1ccccc1.CC(C)(C)n1cnc2c1CCCC2.CC(C)n1ccnc1. The van der Waals surface area contributed by atoms with Crippen LogP contribution in [0, 0.1) is 0 Å². The fourth-order valence-corrected chi connectivity index (χ4v) is 3.56. The minimum absolute atomic E-state index is 0.192. The molecule has 2 aromatic heterocycles. The Balaban J connectivity index is 0.000000171. The fourth-order valence-electron chi connectivity index (χ4n) is 3.56. The molecule has 31 heavy (non-hydrogen) atoms. The minimum atomic E-state index is 0.192. The van der Waals surface area contributed by atoms with Gasteiger partial charge in [0.05, 0.1) is 18.3 Å². The molecule has 1 aliphatic carbocycles. The van der Waals surface area contributed by atoms with Gasteiger partial charge >= 0.3 is 0 Å². The largest absolute Gasteiger partial charge is 0.335 e. The van der Waals surface area contributed by atoms with Crippen LogP contribution in [-0.2, 0) is 23.8 Å². The van der Waals surface area contributed by atoms with E-state index in [1.165, 1.54) is 42.6 Å². The number of imidazole rings is 2. The van der Waals surface area contributed by atoms with E-state index < -0.39 is 0 Å². The first-order chi connectivity index (χ1) is 14.5. The maximum absolute atomic E-state index is 4.49. The van der Waals surface area contributed by atoms with E-state index in [2.05, 4.69) is 105 Å². The van der Waals surface area contributed by atoms with Gasteiger partial charge in [0.1, 0.15) is 0 Å². The predicted octanol–water partition coefficient (Wildman–Crippen LogP) is 6.97. The van der Waals surface area contributed by atoms with E-state index in [-0.39, 0.29) is 5.54 Å². The molecule has 0 spiro atoms. The summed E-state index contributed by atoms with van der Waals surface area (Å²) in [6.45, 7) is 17.6. The van der Waals surface area contributed by atoms with Gasteiger partial charge in [-0.05, 0) is 71.3 Å². The Hall–Kier alpha value is -2.36. The lowest BCUT2D eigenvalue weighted by Crippen LogP contribution is -2.24. The topological polar surface area (TPSA) is 35.6 Å². The van der Waals surface area contributed by atoms with Crippen molar-refractivity contribution in [1.29, 1.82) is 0 Å². The number of aromatic nitrogens is 4. The molecule has 4 heteroatoms. The van der Waals surface area contributed by atoms with Gasteiger partial charge < -0.3 is 9.13 Å². The van der Waals surface area contributed by atoms with Gasteiger partial charge in [-0.25, -0.2) is 9.97 Å². The van der Waals surface area contributed by atoms with Crippen molar-refractivity contribution in [2.75, 3.05) is 0 Å². The first-order valence-corrected chi connectivity index (χ1v) is 11.6. The maximum atomic E-state index is 4.49. The lowest BCUT2D eigenvalue weighted by molar-refractivity contribution is 0.379. The summed E-state index contributed by atoms with van der Waals surface area (Å²) in [4.78, 5) is 8.39. The highest BCUT2D eigenvalue weighted by atomic mass is 15.1. The molecule has 2 heterocycles. The average Bonchev–Trinajstić information content (AvgIpc) is 3.39. The van der Waals surface area contributed by atoms with E-state index in [0.717, 1.165) is 0 Å². The van der Waals surface area contributed by atoms with Gasteiger partial charge in [-0.15, -0.1) is 0 Å². The molecule has 1 aromatic carbocycles. The molecule has 4 rings (SSSR count). The molecule has 0 amide bonds. The highest BCUT2D eigenvalue weighted by Gasteiger charge is 2.21. The van der Waals surface area contributed by atoms with Gasteiger partial charge in [0.15, 0.2) is 0 Å². The zero-order chi connectivity index (χ0) is 23.1. The van der Waals surface area contributed by atoms with Crippen LogP contribution in [-0.4, -0.2) is 19.1 Å². The van der Waals surface area contributed by atoms with E-state index in [0.29, 0.717) is 11.5 Å². The fraction of sp³-hybridized carbons (Fsp3) is 0.556. The molecular formula is C27H42N4. The normalized spacial score (nSPS) is 13.6. The van der Waals surface area contributed by atoms with Crippen LogP contribution in [0.15, 0.2) is 55.4 Å². The van der Waals surface area contributed by atoms with Gasteiger partial charge in [0, 0.05) is 29.7 Å². The monoisotopic (exact) mass is 422 g/mol. The van der Waals surface area contributed by atoms with Crippen molar-refractivity contribution in [3.8, 4) is 0 Å². The second-order valence-electron chi connectivity index (χ2n) is 10.6. The number of nitrogens with zero attached hydrogens (tertiary/aromatic N) is 4. The zero-order valence-electron chi connectivity index (χ0n) is 20.9. The number of hydrogen-bond acceptors (Lipinski definition) is 2. The van der Waals surface area contributed by atoms with Gasteiger partial charge in [0.25, 0.3) is 0 Å². The van der Waals surface area contributed by atoms with Crippen LogP contribution in [0.3, 0.4) is 0 Å². The second-order valence-corrected chi connectivity index (χ2v) is 10.6. The van der Waals surface area contributed by atoms with Gasteiger partial charge in [-0.3, -0.25) is 0 Å². The molecule has 0 radical (unpaired) electrons. The first-order valence-electron chi connectivity index (χ1n) is 11.6. The van der Waals surface area contributed by atoms with E-state index >= 15 is 0 Å². The molecule has 0 bridgehead atoms. The number of fused-ring (bicyclic) bond motifs is 1. The van der Waals surface area contributed by atoms with Crippen LogP contribution in [0.4, 0.5) is 0 Å². The van der Waals surface area contributed by atoms with Crippen LogP contribution < -0.4 is 0 Å². The standard InChI is InChI=1S/C11H18N2.C10H14.C6H10N2/c1-11(2,3)13-8-12-9-6-4-5-7-10(9)13;1-10(2,3)9-7-5-4-6-8-9;1-6(2)8-4-3-7-5-8/h8H,4-7H2,1-3H3;4-8H,1-3H3;3-6H,1-2H3. The number of benzene rings is 1. The summed E-state index contributed by atoms with van der Waals surface area (Å²) in [5.41, 5.74) is 4.69. The second kappa shape index (κ2) is 10.8. The van der Waals surface area contributed by atoms with Crippen molar-refractivity contribution in [1.82, 2.24) is 19.1 Å². The minimum Gasteiger partial charge on any atom is -0.335 e. The highest BCUT2D eigenvalue weighted by molar-refractivity contribution is 5.22. The molecule has 1 aliphatic rings. The predicted molar refractivity (Wildman–Crippen MR) is 132 cm³/mol. The lowest BCUT2D eigenvalue weighted by atomic mass is 9.87. The van der Waals surface area contributed by atoms with Crippen molar-refractivity contribution in [2.45, 2.75) is 98.1 Å². The van der Waals surface area contributed by atoms with Crippen molar-refractivity contribution >= 4 is 0 Å². The lowest BCUT2D eigenvalue weighted by Gasteiger charge is -2.25. The quantitative estimate of drug-likeness (QED) is 0.425. The van der Waals surface area contributed by atoms with Crippen LogP contribution in [0.1, 0.15) is 91.2 Å². The number of aryl methyl sites for hydroxylation is 1. The third-order valence-corrected chi connectivity index (χ3v) is 5.51. The van der Waals surface area contributed by atoms with Crippen molar-refractivity contribution < 1.29 is 0 Å². The Morgan fingerprint density at radius 1 is 0.871 bits per heavy atom. The molecule has 0 N–H and O–H groups in total. The van der Waals surface area contributed by atoms with Crippen LogP contribution in [0.2, 0.25) is 0 Å². The van der Waals surface area contributed by atoms with Crippen LogP contribution >= 0.6 is 0 Å². The number of hydrogen-bond donors (Lipinski definition) is 0. The average molecular weight is 423 g/mol. The third-order valence-electron chi connectivity index (χ3n) is 5.51. The van der Waals surface area contributed by atoms with Gasteiger partial charge in [0.2, 0.25) is 0 Å². The molecule has 0 unspecified atom stereocenters. The molecule has 170 valence electrons. The van der Waals surface area contributed by atoms with Crippen LogP contribution in [0.5, 0.6) is 0 Å². The van der Waals surface area contributed by atoms with Crippen molar-refractivity contribution in [2.24, 2.45) is 0 Å². The van der Waals surface area contributed by atoms with Gasteiger partial charge in [-0.1, -0.05) is 51.1 Å². The van der Waals surface area contributed by atoms with E-state index in [9.17, 15) is 0 Å². The Morgan fingerprint density at radius 3 is 1.97 bits per heavy atom. The number of rotatable bonds is 1. The molecule has 3 aromatic rings. The summed E-state index contributed by atoms with van der Waals surface area (Å²) in [7, 11) is 0. The summed E-state index contributed by atoms with van der Waals surface area (Å²) in [5.74, 6) is 0. The Kier molecular flexibility index (Phi) is 8.67. The summed E-state index contributed by atoms with van der Waals surface area (Å²) in [6, 6.07) is 11.1. The smallest absolute Gasteiger partial charge is 0.0956 e. The maximum Gasteiger partial charge on any atom is 0.0956 e.